The van der Waals surface area contributed by atoms with E-state index in [9.17, 15) is 22.8 Å². The van der Waals surface area contributed by atoms with Crippen LogP contribution in [-0.2, 0) is 0 Å². The summed E-state index contributed by atoms with van der Waals surface area (Å²) in [6.45, 7) is 0. The van der Waals surface area contributed by atoms with E-state index in [2.05, 4.69) is 9.40 Å². The van der Waals surface area contributed by atoms with Crippen molar-refractivity contribution in [3.05, 3.63) is 39.2 Å². The van der Waals surface area contributed by atoms with E-state index >= 15 is 0 Å². The van der Waals surface area contributed by atoms with E-state index in [1.165, 1.54) is 6.07 Å². The lowest BCUT2D eigenvalue weighted by atomic mass is 10.2. The molecule has 1 aromatic heterocycles. The monoisotopic (exact) mass is 263 g/mol. The van der Waals surface area contributed by atoms with Crippen LogP contribution in [0.5, 0.6) is 0 Å². The molecule has 1 N–H and O–H groups in total. The molecule has 0 aliphatic rings. The summed E-state index contributed by atoms with van der Waals surface area (Å²) in [5.41, 5.74) is -5.29. The summed E-state index contributed by atoms with van der Waals surface area (Å²) < 4.78 is 40.6. The number of hydrogen-bond donors (Lipinski definition) is 1. The number of fused-ring (bicyclic) bond motifs is 1. The van der Waals surface area contributed by atoms with E-state index in [-0.39, 0.29) is 27.6 Å². The molecular formula is C9H4F3NO3S. The van der Waals surface area contributed by atoms with Gasteiger partial charge < -0.3 is 4.42 Å². The Balaban J connectivity index is 2.58. The minimum Gasteiger partial charge on any atom is -0.372 e. The van der Waals surface area contributed by atoms with Crippen molar-refractivity contribution in [1.82, 2.24) is 4.98 Å². The van der Waals surface area contributed by atoms with Crippen LogP contribution in [-0.4, -0.2) is 10.5 Å². The molecule has 0 radical (unpaired) electrons. The molecule has 2 rings (SSSR count). The van der Waals surface area contributed by atoms with Gasteiger partial charge in [-0.15, -0.1) is 0 Å². The molecule has 4 nitrogen and oxygen atoms in total. The lowest BCUT2D eigenvalue weighted by molar-refractivity contribution is -0.0328. The van der Waals surface area contributed by atoms with Crippen LogP contribution in [0.25, 0.3) is 10.9 Å². The molecule has 0 unspecified atom stereocenters. The van der Waals surface area contributed by atoms with Gasteiger partial charge in [0.25, 0.3) is 0 Å². The molecule has 0 saturated carbocycles. The quantitative estimate of drug-likeness (QED) is 0.800. The van der Waals surface area contributed by atoms with E-state index < -0.39 is 16.9 Å². The van der Waals surface area contributed by atoms with Crippen molar-refractivity contribution in [3.63, 3.8) is 0 Å². The highest BCUT2D eigenvalue weighted by atomic mass is 32.2. The number of hydrogen-bond acceptors (Lipinski definition) is 4. The van der Waals surface area contributed by atoms with Crippen molar-refractivity contribution >= 4 is 22.7 Å². The first-order valence-corrected chi connectivity index (χ1v) is 5.10. The number of rotatable bonds is 1. The van der Waals surface area contributed by atoms with Crippen LogP contribution >= 0.6 is 11.8 Å². The number of aromatic nitrogens is 1. The van der Waals surface area contributed by atoms with Crippen molar-refractivity contribution in [2.24, 2.45) is 0 Å². The van der Waals surface area contributed by atoms with Crippen molar-refractivity contribution in [2.75, 3.05) is 0 Å². The Hall–Kier alpha value is -1.70. The topological polar surface area (TPSA) is 63.1 Å². The maximum atomic E-state index is 12.1. The highest BCUT2D eigenvalue weighted by Crippen LogP contribution is 2.37. The van der Waals surface area contributed by atoms with Crippen LogP contribution < -0.4 is 11.4 Å². The molecule has 1 aromatic carbocycles. The Morgan fingerprint density at radius 3 is 2.59 bits per heavy atom. The van der Waals surface area contributed by atoms with Gasteiger partial charge in [-0.25, -0.2) is 9.59 Å². The molecular weight excluding hydrogens is 259 g/mol. The van der Waals surface area contributed by atoms with Crippen LogP contribution in [0.2, 0.25) is 0 Å². The Labute approximate surface area is 95.4 Å². The number of benzene rings is 1. The van der Waals surface area contributed by atoms with Gasteiger partial charge in [0, 0.05) is 4.90 Å². The Bertz CT molecular complexity index is 673. The second-order valence-corrected chi connectivity index (χ2v) is 4.20. The maximum Gasteiger partial charge on any atom is 0.446 e. The standard InChI is InChI=1S/C9H4F3NO3S/c10-9(11,12)17-4-1-2-5-6(3-4)13-8(15)16-7(5)14/h1-3H,(H,13,15). The first-order chi connectivity index (χ1) is 7.85. The molecule has 0 fully saturated rings. The number of halogens is 3. The average Bonchev–Trinajstić information content (AvgIpc) is 2.13. The SMILES string of the molecule is O=c1[nH]c2cc(SC(F)(F)F)ccc2c(=O)o1. The molecule has 0 atom stereocenters. The fourth-order valence-electron chi connectivity index (χ4n) is 1.28. The largest absolute Gasteiger partial charge is 0.446 e. The molecule has 0 amide bonds. The smallest absolute Gasteiger partial charge is 0.372 e. The summed E-state index contributed by atoms with van der Waals surface area (Å²) in [5, 5.41) is 0.0242. The molecule has 0 saturated heterocycles. The van der Waals surface area contributed by atoms with Crippen molar-refractivity contribution in [1.29, 1.82) is 0 Å². The van der Waals surface area contributed by atoms with Crippen molar-refractivity contribution < 1.29 is 17.6 Å². The van der Waals surface area contributed by atoms with E-state index in [4.69, 9.17) is 0 Å². The predicted molar refractivity (Wildman–Crippen MR) is 55.0 cm³/mol. The number of alkyl halides is 3. The van der Waals surface area contributed by atoms with E-state index in [1.54, 1.807) is 0 Å². The van der Waals surface area contributed by atoms with Crippen LogP contribution in [0.3, 0.4) is 0 Å². The van der Waals surface area contributed by atoms with Gasteiger partial charge in [0.1, 0.15) is 0 Å². The first kappa shape index (κ1) is 11.8. The van der Waals surface area contributed by atoms with Crippen LogP contribution in [0.4, 0.5) is 13.2 Å². The van der Waals surface area contributed by atoms with Gasteiger partial charge >= 0.3 is 16.9 Å². The molecule has 1 heterocycles. The van der Waals surface area contributed by atoms with Gasteiger partial charge in [-0.1, -0.05) is 0 Å². The third-order valence-corrected chi connectivity index (χ3v) is 2.59. The maximum absolute atomic E-state index is 12.1. The van der Waals surface area contributed by atoms with E-state index in [0.29, 0.717) is 0 Å². The van der Waals surface area contributed by atoms with E-state index in [0.717, 1.165) is 12.1 Å². The van der Waals surface area contributed by atoms with Crippen LogP contribution in [0.1, 0.15) is 0 Å². The third kappa shape index (κ3) is 2.70. The summed E-state index contributed by atoms with van der Waals surface area (Å²) in [6.07, 6.45) is 0. The summed E-state index contributed by atoms with van der Waals surface area (Å²) in [5.74, 6) is -1.00. The second-order valence-electron chi connectivity index (χ2n) is 3.06. The summed E-state index contributed by atoms with van der Waals surface area (Å²) >= 11 is -0.327. The summed E-state index contributed by atoms with van der Waals surface area (Å²) in [6, 6.07) is 3.38. The molecule has 17 heavy (non-hydrogen) atoms. The van der Waals surface area contributed by atoms with Gasteiger partial charge in [0.2, 0.25) is 0 Å². The lowest BCUT2D eigenvalue weighted by Gasteiger charge is -2.05. The second kappa shape index (κ2) is 3.95. The first-order valence-electron chi connectivity index (χ1n) is 4.28. The summed E-state index contributed by atoms with van der Waals surface area (Å²) in [4.78, 5) is 24.1. The van der Waals surface area contributed by atoms with Gasteiger partial charge in [-0.3, -0.25) is 4.98 Å². The normalized spacial score (nSPS) is 11.9. The summed E-state index contributed by atoms with van der Waals surface area (Å²) in [7, 11) is 0. The third-order valence-electron chi connectivity index (χ3n) is 1.87. The minimum atomic E-state index is -4.42. The number of H-pyrrole nitrogens is 1. The molecule has 0 bridgehead atoms. The van der Waals surface area contributed by atoms with Gasteiger partial charge in [-0.05, 0) is 30.0 Å². The highest BCUT2D eigenvalue weighted by Gasteiger charge is 2.29. The lowest BCUT2D eigenvalue weighted by Crippen LogP contribution is -2.14. The molecule has 2 aromatic rings. The zero-order valence-corrected chi connectivity index (χ0v) is 8.82. The van der Waals surface area contributed by atoms with E-state index in [1.807, 2.05) is 0 Å². The van der Waals surface area contributed by atoms with Crippen LogP contribution in [0.15, 0.2) is 37.1 Å². The zero-order chi connectivity index (χ0) is 12.6. The molecule has 8 heteroatoms. The Kier molecular flexibility index (Phi) is 2.74. The van der Waals surface area contributed by atoms with Crippen LogP contribution in [0, 0.1) is 0 Å². The fraction of sp³-hybridized carbons (Fsp3) is 0.111. The minimum absolute atomic E-state index is 0.0144. The van der Waals surface area contributed by atoms with Gasteiger partial charge in [0.05, 0.1) is 10.9 Å². The predicted octanol–water partition coefficient (Wildman–Crippen LogP) is 2.09. The Morgan fingerprint density at radius 1 is 1.24 bits per heavy atom. The Morgan fingerprint density at radius 2 is 1.94 bits per heavy atom. The molecule has 0 aliphatic heterocycles. The van der Waals surface area contributed by atoms with Crippen molar-refractivity contribution in [2.45, 2.75) is 10.4 Å². The number of thioether (sulfide) groups is 1. The molecule has 0 aliphatic carbocycles. The highest BCUT2D eigenvalue weighted by molar-refractivity contribution is 8.00. The zero-order valence-electron chi connectivity index (χ0n) is 8.00. The molecule has 90 valence electrons. The number of aromatic amines is 1. The van der Waals surface area contributed by atoms with Gasteiger partial charge in [0.15, 0.2) is 0 Å². The van der Waals surface area contributed by atoms with Gasteiger partial charge in [-0.2, -0.15) is 13.2 Å². The molecule has 0 spiro atoms. The van der Waals surface area contributed by atoms with Crippen molar-refractivity contribution in [3.8, 4) is 0 Å². The number of nitrogens with one attached hydrogen (secondary N) is 1. The fourth-order valence-corrected chi connectivity index (χ4v) is 1.86. The average molecular weight is 263 g/mol.